The number of ketones is 1. The summed E-state index contributed by atoms with van der Waals surface area (Å²) in [6.45, 7) is 1.22. The van der Waals surface area contributed by atoms with Gasteiger partial charge in [0.15, 0.2) is 17.3 Å². The van der Waals surface area contributed by atoms with Crippen molar-refractivity contribution in [1.29, 1.82) is 0 Å². The van der Waals surface area contributed by atoms with Crippen molar-refractivity contribution in [1.82, 2.24) is 0 Å². The number of rotatable bonds is 9. The van der Waals surface area contributed by atoms with Crippen molar-refractivity contribution in [3.63, 3.8) is 0 Å². The number of methoxy groups -OCH3 is 4. The van der Waals surface area contributed by atoms with E-state index in [4.69, 9.17) is 42.1 Å². The van der Waals surface area contributed by atoms with Crippen molar-refractivity contribution in [2.75, 3.05) is 33.8 Å². The zero-order valence-corrected chi connectivity index (χ0v) is 19.0. The summed E-state index contributed by atoms with van der Waals surface area (Å²) in [5.41, 5.74) is 0.471. The summed E-state index contributed by atoms with van der Waals surface area (Å²) < 4.78 is 20.8. The van der Waals surface area contributed by atoms with Crippen molar-refractivity contribution in [3.8, 4) is 23.0 Å². The number of benzene rings is 2. The van der Waals surface area contributed by atoms with Crippen LogP contribution in [-0.4, -0.2) is 46.2 Å². The molecule has 2 rings (SSSR count). The molecule has 1 amide bonds. The van der Waals surface area contributed by atoms with Crippen molar-refractivity contribution in [2.45, 2.75) is 13.0 Å². The number of hydrogen-bond donors (Lipinski definition) is 1. The van der Waals surface area contributed by atoms with Gasteiger partial charge in [-0.05, 0) is 25.1 Å². The fourth-order valence-electron chi connectivity index (χ4n) is 2.59. The first kappa shape index (κ1) is 24.2. The Morgan fingerprint density at radius 3 is 2.10 bits per heavy atom. The molecule has 1 unspecified atom stereocenters. The molecule has 0 radical (unpaired) electrons. The van der Waals surface area contributed by atoms with Crippen molar-refractivity contribution < 1.29 is 28.5 Å². The van der Waals surface area contributed by atoms with Gasteiger partial charge in [-0.1, -0.05) is 23.2 Å². The fourth-order valence-corrected chi connectivity index (χ4v) is 3.05. The Hall–Kier alpha value is -3.04. The molecule has 0 aliphatic rings. The van der Waals surface area contributed by atoms with Crippen molar-refractivity contribution in [3.05, 3.63) is 34.3 Å². The van der Waals surface area contributed by atoms with Gasteiger partial charge in [0.05, 0.1) is 44.2 Å². The zero-order valence-electron chi connectivity index (χ0n) is 17.5. The van der Waals surface area contributed by atoms with Crippen molar-refractivity contribution in [2.24, 2.45) is 10.2 Å². The Labute approximate surface area is 189 Å². The Morgan fingerprint density at radius 1 is 0.903 bits per heavy atom. The summed E-state index contributed by atoms with van der Waals surface area (Å²) in [6.07, 6.45) is 0. The summed E-state index contributed by atoms with van der Waals surface area (Å²) in [7, 11) is 5.69. The van der Waals surface area contributed by atoms with E-state index in [9.17, 15) is 9.59 Å². The lowest BCUT2D eigenvalue weighted by Crippen LogP contribution is -2.32. The van der Waals surface area contributed by atoms with E-state index in [1.807, 2.05) is 0 Å². The normalized spacial score (nSPS) is 11.7. The van der Waals surface area contributed by atoms with Crippen LogP contribution < -0.4 is 24.3 Å². The van der Waals surface area contributed by atoms with Gasteiger partial charge in [0.2, 0.25) is 6.04 Å². The Bertz CT molecular complexity index is 1010. The minimum atomic E-state index is -1.43. The minimum absolute atomic E-state index is 0.200. The topological polar surface area (TPSA) is 108 Å². The second kappa shape index (κ2) is 10.8. The SMILES string of the molecule is COc1cc(OC)c(N=NC(C(C)=O)C(=O)Nc2ccc(Cl)c(OC)c2OC)cc1Cl. The average Bonchev–Trinajstić information content (AvgIpc) is 2.74. The van der Waals surface area contributed by atoms with E-state index in [-0.39, 0.29) is 27.9 Å². The number of nitrogens with one attached hydrogen (secondary N) is 1. The second-order valence-corrected chi connectivity index (χ2v) is 6.85. The Morgan fingerprint density at radius 2 is 1.55 bits per heavy atom. The van der Waals surface area contributed by atoms with Crippen molar-refractivity contribution >= 4 is 46.3 Å². The van der Waals surface area contributed by atoms with Crippen LogP contribution in [0.5, 0.6) is 23.0 Å². The van der Waals surface area contributed by atoms with Crippen LogP contribution in [0.3, 0.4) is 0 Å². The molecule has 0 spiro atoms. The van der Waals surface area contributed by atoms with Crippen LogP contribution in [0.15, 0.2) is 34.5 Å². The van der Waals surface area contributed by atoms with Gasteiger partial charge in [-0.3, -0.25) is 9.59 Å². The van der Waals surface area contributed by atoms with Crippen LogP contribution >= 0.6 is 23.2 Å². The molecule has 0 bridgehead atoms. The van der Waals surface area contributed by atoms with Gasteiger partial charge in [0.25, 0.3) is 5.91 Å². The number of ether oxygens (including phenoxy) is 4. The molecule has 31 heavy (non-hydrogen) atoms. The van der Waals surface area contributed by atoms with Gasteiger partial charge in [0.1, 0.15) is 17.2 Å². The highest BCUT2D eigenvalue weighted by Crippen LogP contribution is 2.41. The highest BCUT2D eigenvalue weighted by atomic mass is 35.5. The Balaban J connectivity index is 2.35. The van der Waals surface area contributed by atoms with E-state index in [1.165, 1.54) is 59.6 Å². The quantitative estimate of drug-likeness (QED) is 0.420. The molecule has 166 valence electrons. The molecule has 0 fully saturated rings. The number of nitrogens with zero attached hydrogens (tertiary/aromatic N) is 2. The third kappa shape index (κ3) is 5.56. The molecule has 2 aromatic rings. The van der Waals surface area contributed by atoms with Crippen LogP contribution in [-0.2, 0) is 9.59 Å². The first-order valence-corrected chi connectivity index (χ1v) is 9.57. The molecule has 2 aromatic carbocycles. The third-order valence-corrected chi connectivity index (χ3v) is 4.69. The van der Waals surface area contributed by atoms with Gasteiger partial charge >= 0.3 is 0 Å². The molecule has 0 aliphatic carbocycles. The molecule has 0 heterocycles. The van der Waals surface area contributed by atoms with Gasteiger partial charge in [-0.25, -0.2) is 0 Å². The number of carbonyl (C=O) groups is 2. The standard InChI is InChI=1S/C20H21Cl2N3O6/c1-10(26)17(25-24-14-8-12(22)15(28-2)9-16(14)29-3)20(27)23-13-7-6-11(21)18(30-4)19(13)31-5/h6-9,17H,1-5H3,(H,23,27). The number of azo groups is 1. The van der Waals surface area contributed by atoms with Gasteiger partial charge < -0.3 is 24.3 Å². The predicted molar refractivity (Wildman–Crippen MR) is 117 cm³/mol. The van der Waals surface area contributed by atoms with E-state index in [2.05, 4.69) is 15.5 Å². The molecule has 0 saturated heterocycles. The van der Waals surface area contributed by atoms with E-state index >= 15 is 0 Å². The van der Waals surface area contributed by atoms with Crippen LogP contribution in [0.1, 0.15) is 6.92 Å². The highest BCUT2D eigenvalue weighted by molar-refractivity contribution is 6.32. The van der Waals surface area contributed by atoms with Crippen LogP contribution in [0.2, 0.25) is 10.0 Å². The van der Waals surface area contributed by atoms with Crippen LogP contribution in [0.4, 0.5) is 11.4 Å². The predicted octanol–water partition coefficient (Wildman–Crippen LogP) is 4.71. The lowest BCUT2D eigenvalue weighted by molar-refractivity contribution is -0.126. The zero-order chi connectivity index (χ0) is 23.1. The average molecular weight is 470 g/mol. The van der Waals surface area contributed by atoms with E-state index in [1.54, 1.807) is 0 Å². The smallest absolute Gasteiger partial charge is 0.258 e. The molecule has 11 heteroatoms. The summed E-state index contributed by atoms with van der Waals surface area (Å²) in [5.74, 6) is -0.136. The monoisotopic (exact) mass is 469 g/mol. The molecule has 1 N–H and O–H groups in total. The highest BCUT2D eigenvalue weighted by Gasteiger charge is 2.26. The number of amides is 1. The molecule has 1 atom stereocenters. The maximum Gasteiger partial charge on any atom is 0.258 e. The van der Waals surface area contributed by atoms with Gasteiger partial charge in [-0.15, -0.1) is 0 Å². The molecule has 9 nitrogen and oxygen atoms in total. The maximum absolute atomic E-state index is 12.8. The van der Waals surface area contributed by atoms with Crippen LogP contribution in [0.25, 0.3) is 0 Å². The van der Waals surface area contributed by atoms with E-state index in [0.29, 0.717) is 16.5 Å². The summed E-state index contributed by atoms with van der Waals surface area (Å²) in [6, 6.07) is 4.57. The Kier molecular flexibility index (Phi) is 8.47. The second-order valence-electron chi connectivity index (χ2n) is 6.04. The number of hydrogen-bond acceptors (Lipinski definition) is 8. The molecular formula is C20H21Cl2N3O6. The lowest BCUT2D eigenvalue weighted by Gasteiger charge is -2.16. The molecule has 0 aliphatic heterocycles. The summed E-state index contributed by atoms with van der Waals surface area (Å²) in [5, 5.41) is 11.0. The van der Waals surface area contributed by atoms with Gasteiger partial charge in [0, 0.05) is 6.07 Å². The minimum Gasteiger partial charge on any atom is -0.495 e. The molecule has 0 saturated carbocycles. The van der Waals surface area contributed by atoms with Crippen LogP contribution in [0, 0.1) is 0 Å². The first-order valence-electron chi connectivity index (χ1n) is 8.81. The molecule has 0 aromatic heterocycles. The molecular weight excluding hydrogens is 449 g/mol. The summed E-state index contributed by atoms with van der Waals surface area (Å²) in [4.78, 5) is 24.8. The number of anilines is 1. The first-order chi connectivity index (χ1) is 14.8. The fraction of sp³-hybridized carbons (Fsp3) is 0.300. The van der Waals surface area contributed by atoms with E-state index < -0.39 is 17.7 Å². The van der Waals surface area contributed by atoms with E-state index in [0.717, 1.165) is 0 Å². The number of carbonyl (C=O) groups excluding carboxylic acids is 2. The number of halogens is 2. The third-order valence-electron chi connectivity index (χ3n) is 4.10. The summed E-state index contributed by atoms with van der Waals surface area (Å²) >= 11 is 12.2. The largest absolute Gasteiger partial charge is 0.495 e. The van der Waals surface area contributed by atoms with Gasteiger partial charge in [-0.2, -0.15) is 10.2 Å². The lowest BCUT2D eigenvalue weighted by atomic mass is 10.2. The maximum atomic E-state index is 12.8. The number of Topliss-reactive ketones (excluding diaryl/α,β-unsaturated/α-hetero) is 1.